The minimum Gasteiger partial charge on any atom is -0.336 e. The molecule has 1 saturated heterocycles. The van der Waals surface area contributed by atoms with Gasteiger partial charge in [-0.15, -0.1) is 0 Å². The van der Waals surface area contributed by atoms with Crippen LogP contribution in [-0.4, -0.2) is 51.4 Å². The third-order valence-electron chi connectivity index (χ3n) is 5.45. The predicted molar refractivity (Wildman–Crippen MR) is 112 cm³/mol. The average Bonchev–Trinajstić information content (AvgIpc) is 2.74. The third kappa shape index (κ3) is 3.86. The molecule has 150 valence electrons. The molecule has 0 aliphatic carbocycles. The molecule has 0 saturated carbocycles. The van der Waals surface area contributed by atoms with Crippen LogP contribution in [0.25, 0.3) is 10.9 Å². The molecule has 1 aliphatic rings. The van der Waals surface area contributed by atoms with Gasteiger partial charge in [0.15, 0.2) is 0 Å². The monoisotopic (exact) mass is 392 g/mol. The van der Waals surface area contributed by atoms with Crippen LogP contribution in [0.15, 0.2) is 58.1 Å². The van der Waals surface area contributed by atoms with Crippen LogP contribution in [0.4, 0.5) is 0 Å². The summed E-state index contributed by atoms with van der Waals surface area (Å²) in [6, 6.07) is 15.2. The lowest BCUT2D eigenvalue weighted by atomic mass is 10.1. The number of aromatic amines is 1. The number of hydrogen-bond donors (Lipinski definition) is 1. The Morgan fingerprint density at radius 3 is 2.41 bits per heavy atom. The molecular formula is C22H24N4O3. The molecule has 7 nitrogen and oxygen atoms in total. The predicted octanol–water partition coefficient (Wildman–Crippen LogP) is 1.67. The van der Waals surface area contributed by atoms with Crippen LogP contribution in [0.3, 0.4) is 0 Å². The van der Waals surface area contributed by atoms with Crippen LogP contribution in [0.1, 0.15) is 22.8 Å². The zero-order chi connectivity index (χ0) is 20.4. The first kappa shape index (κ1) is 19.1. The summed E-state index contributed by atoms with van der Waals surface area (Å²) in [5.74, 6) is -0.0771. The average molecular weight is 392 g/mol. The molecule has 1 fully saturated rings. The van der Waals surface area contributed by atoms with Crippen molar-refractivity contribution in [3.05, 3.63) is 80.5 Å². The van der Waals surface area contributed by atoms with Gasteiger partial charge in [0, 0.05) is 44.8 Å². The number of hydrogen-bond acceptors (Lipinski definition) is 4. The van der Waals surface area contributed by atoms with Crippen molar-refractivity contribution in [3.8, 4) is 0 Å². The summed E-state index contributed by atoms with van der Waals surface area (Å²) in [7, 11) is 0. The molecule has 2 heterocycles. The number of aromatic nitrogens is 2. The van der Waals surface area contributed by atoms with Gasteiger partial charge in [-0.05, 0) is 30.7 Å². The number of H-pyrrole nitrogens is 1. The van der Waals surface area contributed by atoms with E-state index < -0.39 is 5.69 Å². The quantitative estimate of drug-likeness (QED) is 0.733. The zero-order valence-corrected chi connectivity index (χ0v) is 16.4. The molecule has 1 aromatic heterocycles. The number of benzene rings is 2. The lowest BCUT2D eigenvalue weighted by Gasteiger charge is -2.34. The van der Waals surface area contributed by atoms with Crippen molar-refractivity contribution in [2.75, 3.05) is 26.2 Å². The number of carbonyl (C=O) groups is 1. The molecule has 0 spiro atoms. The standard InChI is InChI=1S/C22H24N4O3/c1-2-26-21(28)18-9-8-17(14-19(18)23-22(26)29)20(27)25-12-10-24(11-13-25)15-16-6-4-3-5-7-16/h3-9,14H,2,10-13,15H2,1H3,(H,23,29). The van der Waals surface area contributed by atoms with E-state index in [9.17, 15) is 14.4 Å². The molecule has 1 amide bonds. The Kier molecular flexibility index (Phi) is 5.31. The highest BCUT2D eigenvalue weighted by Gasteiger charge is 2.22. The second kappa shape index (κ2) is 8.05. The number of carbonyl (C=O) groups excluding carboxylic acids is 1. The van der Waals surface area contributed by atoms with E-state index in [1.54, 1.807) is 25.1 Å². The summed E-state index contributed by atoms with van der Waals surface area (Å²) < 4.78 is 1.15. The molecular weight excluding hydrogens is 368 g/mol. The fourth-order valence-corrected chi connectivity index (χ4v) is 3.81. The van der Waals surface area contributed by atoms with Crippen molar-refractivity contribution in [1.29, 1.82) is 0 Å². The molecule has 3 aromatic rings. The molecule has 7 heteroatoms. The number of nitrogens with zero attached hydrogens (tertiary/aromatic N) is 3. The number of fused-ring (bicyclic) bond motifs is 1. The molecule has 1 N–H and O–H groups in total. The van der Waals surface area contributed by atoms with Crippen molar-refractivity contribution in [2.24, 2.45) is 0 Å². The minimum atomic E-state index is -0.455. The Hall–Kier alpha value is -3.19. The van der Waals surface area contributed by atoms with Gasteiger partial charge < -0.3 is 9.88 Å². The summed E-state index contributed by atoms with van der Waals surface area (Å²) in [5, 5.41) is 0.413. The van der Waals surface area contributed by atoms with Crippen molar-refractivity contribution in [2.45, 2.75) is 20.0 Å². The molecule has 1 aliphatic heterocycles. The summed E-state index contributed by atoms with van der Waals surface area (Å²) in [6.45, 7) is 5.85. The van der Waals surface area contributed by atoms with Gasteiger partial charge in [-0.25, -0.2) is 4.79 Å². The highest BCUT2D eigenvalue weighted by molar-refractivity contribution is 5.97. The van der Waals surface area contributed by atoms with Gasteiger partial charge in [0.25, 0.3) is 11.5 Å². The van der Waals surface area contributed by atoms with Crippen LogP contribution in [0, 0.1) is 0 Å². The van der Waals surface area contributed by atoms with Gasteiger partial charge in [-0.2, -0.15) is 0 Å². The maximum Gasteiger partial charge on any atom is 0.328 e. The fourth-order valence-electron chi connectivity index (χ4n) is 3.81. The summed E-state index contributed by atoms with van der Waals surface area (Å²) in [5.41, 5.74) is 1.36. The van der Waals surface area contributed by atoms with Crippen LogP contribution in [0.5, 0.6) is 0 Å². The molecule has 0 bridgehead atoms. The highest BCUT2D eigenvalue weighted by Crippen LogP contribution is 2.14. The van der Waals surface area contributed by atoms with Crippen molar-refractivity contribution < 1.29 is 4.79 Å². The number of rotatable bonds is 4. The minimum absolute atomic E-state index is 0.0771. The molecule has 0 radical (unpaired) electrons. The van der Waals surface area contributed by atoms with E-state index >= 15 is 0 Å². The van der Waals surface area contributed by atoms with Crippen LogP contribution < -0.4 is 11.2 Å². The molecule has 0 unspecified atom stereocenters. The Morgan fingerprint density at radius 1 is 1.00 bits per heavy atom. The second-order valence-corrected chi connectivity index (χ2v) is 7.29. The Labute approximate surface area is 168 Å². The van der Waals surface area contributed by atoms with Gasteiger partial charge in [0.1, 0.15) is 0 Å². The van der Waals surface area contributed by atoms with E-state index in [2.05, 4.69) is 22.0 Å². The maximum atomic E-state index is 12.9. The first-order valence-corrected chi connectivity index (χ1v) is 9.89. The molecule has 2 aromatic carbocycles. The van der Waals surface area contributed by atoms with Crippen molar-refractivity contribution in [1.82, 2.24) is 19.4 Å². The maximum absolute atomic E-state index is 12.9. The SMILES string of the molecule is CCn1c(=O)[nH]c2cc(C(=O)N3CCN(Cc4ccccc4)CC3)ccc2c1=O. The van der Waals surface area contributed by atoms with Gasteiger partial charge in [-0.3, -0.25) is 19.1 Å². The second-order valence-electron chi connectivity index (χ2n) is 7.29. The molecule has 0 atom stereocenters. The van der Waals surface area contributed by atoms with E-state index in [1.807, 2.05) is 23.1 Å². The lowest BCUT2D eigenvalue weighted by Crippen LogP contribution is -2.48. The van der Waals surface area contributed by atoms with Crippen molar-refractivity contribution >= 4 is 16.8 Å². The topological polar surface area (TPSA) is 78.4 Å². The van der Waals surface area contributed by atoms with E-state index in [4.69, 9.17) is 0 Å². The van der Waals surface area contributed by atoms with Gasteiger partial charge >= 0.3 is 5.69 Å². The third-order valence-corrected chi connectivity index (χ3v) is 5.45. The largest absolute Gasteiger partial charge is 0.336 e. The Balaban J connectivity index is 1.48. The summed E-state index contributed by atoms with van der Waals surface area (Å²) >= 11 is 0. The summed E-state index contributed by atoms with van der Waals surface area (Å²) in [4.78, 5) is 44.3. The fraction of sp³-hybridized carbons (Fsp3) is 0.318. The zero-order valence-electron chi connectivity index (χ0n) is 16.4. The smallest absolute Gasteiger partial charge is 0.328 e. The van der Waals surface area contributed by atoms with Crippen LogP contribution in [-0.2, 0) is 13.1 Å². The van der Waals surface area contributed by atoms with Gasteiger partial charge in [0.2, 0.25) is 0 Å². The van der Waals surface area contributed by atoms with Gasteiger partial charge in [0.05, 0.1) is 10.9 Å². The Bertz CT molecular complexity index is 1140. The van der Waals surface area contributed by atoms with Crippen molar-refractivity contribution in [3.63, 3.8) is 0 Å². The first-order chi connectivity index (χ1) is 14.1. The number of piperazine rings is 1. The van der Waals surface area contributed by atoms with E-state index in [0.29, 0.717) is 36.1 Å². The highest BCUT2D eigenvalue weighted by atomic mass is 16.2. The summed E-state index contributed by atoms with van der Waals surface area (Å²) in [6.07, 6.45) is 0. The molecule has 29 heavy (non-hydrogen) atoms. The normalized spacial score (nSPS) is 15.0. The Morgan fingerprint density at radius 2 is 1.72 bits per heavy atom. The first-order valence-electron chi connectivity index (χ1n) is 9.89. The lowest BCUT2D eigenvalue weighted by molar-refractivity contribution is 0.0628. The number of nitrogens with one attached hydrogen (secondary N) is 1. The van der Waals surface area contributed by atoms with Gasteiger partial charge in [-0.1, -0.05) is 30.3 Å². The van der Waals surface area contributed by atoms with Crippen LogP contribution >= 0.6 is 0 Å². The van der Waals surface area contributed by atoms with Crippen LogP contribution in [0.2, 0.25) is 0 Å². The molecule has 4 rings (SSSR count). The number of amides is 1. The van der Waals surface area contributed by atoms with E-state index in [1.165, 1.54) is 5.56 Å². The van der Waals surface area contributed by atoms with E-state index in [-0.39, 0.29) is 11.5 Å². The van der Waals surface area contributed by atoms with E-state index in [0.717, 1.165) is 24.2 Å².